The van der Waals surface area contributed by atoms with Crippen molar-refractivity contribution in [3.8, 4) is 0 Å². The van der Waals surface area contributed by atoms with Crippen molar-refractivity contribution in [2.75, 3.05) is 4.90 Å². The molecule has 1 saturated carbocycles. The fraction of sp³-hybridized carbons (Fsp3) is 0.353. The molecule has 0 spiro atoms. The number of carbonyl (C=O) groups is 3. The van der Waals surface area contributed by atoms with Crippen LogP contribution in [0.15, 0.2) is 36.4 Å². The number of carbonyl (C=O) groups excluding carboxylic acids is 2. The van der Waals surface area contributed by atoms with Gasteiger partial charge in [0, 0.05) is 0 Å². The van der Waals surface area contributed by atoms with Gasteiger partial charge in [-0.1, -0.05) is 12.2 Å². The van der Waals surface area contributed by atoms with E-state index in [1.54, 1.807) is 0 Å². The molecule has 2 amide bonds. The molecule has 1 saturated heterocycles. The Morgan fingerprint density at radius 2 is 1.91 bits per heavy atom. The summed E-state index contributed by atoms with van der Waals surface area (Å²) in [6, 6.07) is 5.89. The van der Waals surface area contributed by atoms with E-state index in [0.717, 1.165) is 6.42 Å². The third-order valence-electron chi connectivity index (χ3n) is 5.48. The molecule has 2 fully saturated rings. The van der Waals surface area contributed by atoms with Crippen LogP contribution >= 0.6 is 0 Å². The number of imide groups is 1. The van der Waals surface area contributed by atoms with Gasteiger partial charge in [-0.15, -0.1) is 0 Å². The van der Waals surface area contributed by atoms with Crippen LogP contribution in [-0.4, -0.2) is 22.9 Å². The molecule has 1 aromatic carbocycles. The zero-order chi connectivity index (χ0) is 15.6. The van der Waals surface area contributed by atoms with Gasteiger partial charge in [-0.2, -0.15) is 0 Å². The van der Waals surface area contributed by atoms with Crippen LogP contribution in [0, 0.1) is 23.2 Å². The summed E-state index contributed by atoms with van der Waals surface area (Å²) in [6.45, 7) is 1.89. The molecule has 1 aromatic rings. The number of amides is 2. The molecule has 22 heavy (non-hydrogen) atoms. The molecular formula is C17H15NO4. The smallest absolute Gasteiger partial charge is 0.335 e. The lowest BCUT2D eigenvalue weighted by molar-refractivity contribution is -0.127. The highest BCUT2D eigenvalue weighted by molar-refractivity contribution is 6.24. The predicted octanol–water partition coefficient (Wildman–Crippen LogP) is 2.09. The summed E-state index contributed by atoms with van der Waals surface area (Å²) in [5.41, 5.74) is -0.0619. The molecule has 2 aliphatic carbocycles. The second kappa shape index (κ2) is 4.06. The van der Waals surface area contributed by atoms with Crippen LogP contribution in [0.4, 0.5) is 5.69 Å². The second-order valence-corrected chi connectivity index (χ2v) is 6.48. The molecule has 2 bridgehead atoms. The van der Waals surface area contributed by atoms with E-state index in [4.69, 9.17) is 5.11 Å². The van der Waals surface area contributed by atoms with Crippen LogP contribution in [0.2, 0.25) is 0 Å². The minimum Gasteiger partial charge on any atom is -0.478 e. The van der Waals surface area contributed by atoms with Crippen LogP contribution in [0.1, 0.15) is 23.7 Å². The van der Waals surface area contributed by atoms with Crippen molar-refractivity contribution in [1.29, 1.82) is 0 Å². The molecule has 0 unspecified atom stereocenters. The maximum Gasteiger partial charge on any atom is 0.335 e. The van der Waals surface area contributed by atoms with E-state index in [2.05, 4.69) is 12.2 Å². The summed E-state index contributed by atoms with van der Waals surface area (Å²) in [6.07, 6.45) is 4.99. The zero-order valence-corrected chi connectivity index (χ0v) is 12.0. The van der Waals surface area contributed by atoms with Crippen molar-refractivity contribution in [1.82, 2.24) is 0 Å². The van der Waals surface area contributed by atoms with Crippen LogP contribution < -0.4 is 4.90 Å². The average molecular weight is 297 g/mol. The molecule has 4 rings (SSSR count). The number of nitrogens with zero attached hydrogens (tertiary/aromatic N) is 1. The molecule has 1 aliphatic heterocycles. The summed E-state index contributed by atoms with van der Waals surface area (Å²) in [7, 11) is 0. The number of carboxylic acids is 1. The molecule has 5 heteroatoms. The van der Waals surface area contributed by atoms with Crippen molar-refractivity contribution in [2.24, 2.45) is 23.2 Å². The van der Waals surface area contributed by atoms with Gasteiger partial charge in [0.1, 0.15) is 0 Å². The largest absolute Gasteiger partial charge is 0.478 e. The second-order valence-electron chi connectivity index (χ2n) is 6.48. The molecule has 1 heterocycles. The maximum atomic E-state index is 12.9. The molecule has 0 aromatic heterocycles. The number of allylic oxidation sites excluding steroid dienone is 2. The van der Waals surface area contributed by atoms with E-state index in [9.17, 15) is 14.4 Å². The van der Waals surface area contributed by atoms with Gasteiger partial charge in [0.15, 0.2) is 0 Å². The number of hydrogen-bond donors (Lipinski definition) is 1. The number of anilines is 1. The van der Waals surface area contributed by atoms with Gasteiger partial charge in [0.05, 0.1) is 22.6 Å². The van der Waals surface area contributed by atoms with Crippen LogP contribution in [0.5, 0.6) is 0 Å². The number of hydrogen-bond acceptors (Lipinski definition) is 3. The first-order valence-electron chi connectivity index (χ1n) is 7.34. The fourth-order valence-corrected chi connectivity index (χ4v) is 4.30. The Hall–Kier alpha value is -2.43. The predicted molar refractivity (Wildman–Crippen MR) is 78.2 cm³/mol. The van der Waals surface area contributed by atoms with E-state index < -0.39 is 11.4 Å². The van der Waals surface area contributed by atoms with E-state index in [1.165, 1.54) is 29.2 Å². The third kappa shape index (κ3) is 1.41. The standard InChI is InChI=1S/C17H15NO4/c1-17-11-5-2-10(8-11)13(17)14(19)18(16(17)22)12-6-3-9(4-7-12)15(20)21/h2-7,10-11,13H,8H2,1H3,(H,20,21)/t10-,11+,13+,17-/m0/s1. The summed E-state index contributed by atoms with van der Waals surface area (Å²) < 4.78 is 0. The normalized spacial score (nSPS) is 35.3. The highest BCUT2D eigenvalue weighted by atomic mass is 16.4. The third-order valence-corrected chi connectivity index (χ3v) is 5.48. The van der Waals surface area contributed by atoms with Crippen molar-refractivity contribution < 1.29 is 19.5 Å². The van der Waals surface area contributed by atoms with Crippen molar-refractivity contribution in [3.05, 3.63) is 42.0 Å². The first-order chi connectivity index (χ1) is 10.4. The summed E-state index contributed by atoms with van der Waals surface area (Å²) in [5, 5.41) is 8.94. The molecule has 3 aliphatic rings. The van der Waals surface area contributed by atoms with E-state index in [0.29, 0.717) is 5.69 Å². The maximum absolute atomic E-state index is 12.9. The van der Waals surface area contributed by atoms with Gasteiger partial charge in [-0.05, 0) is 49.4 Å². The van der Waals surface area contributed by atoms with Gasteiger partial charge >= 0.3 is 5.97 Å². The summed E-state index contributed by atoms with van der Waals surface area (Å²) >= 11 is 0. The number of rotatable bonds is 2. The summed E-state index contributed by atoms with van der Waals surface area (Å²) in [4.78, 5) is 37.8. The highest BCUT2D eigenvalue weighted by Gasteiger charge is 2.67. The number of benzene rings is 1. The first kappa shape index (κ1) is 13.2. The minimum atomic E-state index is -1.03. The van der Waals surface area contributed by atoms with Crippen molar-refractivity contribution >= 4 is 23.5 Å². The minimum absolute atomic E-state index is 0.127. The van der Waals surface area contributed by atoms with E-state index in [1.807, 2.05) is 6.92 Å². The lowest BCUT2D eigenvalue weighted by atomic mass is 9.71. The van der Waals surface area contributed by atoms with Crippen LogP contribution in [0.25, 0.3) is 0 Å². The Bertz CT molecular complexity index is 736. The average Bonchev–Trinajstić information content (AvgIpc) is 3.12. The Balaban J connectivity index is 1.74. The first-order valence-corrected chi connectivity index (χ1v) is 7.34. The number of carboxylic acid groups (broad SMARTS) is 1. The zero-order valence-electron chi connectivity index (χ0n) is 12.0. The molecule has 112 valence electrons. The monoisotopic (exact) mass is 297 g/mol. The fourth-order valence-electron chi connectivity index (χ4n) is 4.30. The number of aromatic carboxylic acids is 1. The quantitative estimate of drug-likeness (QED) is 0.670. The van der Waals surface area contributed by atoms with Gasteiger partial charge in [0.2, 0.25) is 11.8 Å². The van der Waals surface area contributed by atoms with Crippen molar-refractivity contribution in [2.45, 2.75) is 13.3 Å². The van der Waals surface area contributed by atoms with Crippen LogP contribution in [-0.2, 0) is 9.59 Å². The lowest BCUT2D eigenvalue weighted by Crippen LogP contribution is -2.37. The Labute approximate surface area is 127 Å². The van der Waals surface area contributed by atoms with E-state index in [-0.39, 0.29) is 35.1 Å². The SMILES string of the molecule is C[C@@]12C(=O)N(c3ccc(C(=O)O)cc3)C(=O)[C@H]1[C@H]1C=C[C@@H]2C1. The molecular weight excluding hydrogens is 282 g/mol. The Kier molecular flexibility index (Phi) is 2.45. The van der Waals surface area contributed by atoms with Gasteiger partial charge < -0.3 is 5.11 Å². The molecule has 5 nitrogen and oxygen atoms in total. The lowest BCUT2D eigenvalue weighted by Gasteiger charge is -2.28. The van der Waals surface area contributed by atoms with Crippen LogP contribution in [0.3, 0.4) is 0 Å². The molecule has 1 N–H and O–H groups in total. The van der Waals surface area contributed by atoms with Gasteiger partial charge in [0.25, 0.3) is 0 Å². The van der Waals surface area contributed by atoms with E-state index >= 15 is 0 Å². The Morgan fingerprint density at radius 3 is 2.50 bits per heavy atom. The highest BCUT2D eigenvalue weighted by Crippen LogP contribution is 2.60. The molecule has 0 radical (unpaired) electrons. The van der Waals surface area contributed by atoms with Gasteiger partial charge in [-0.25, -0.2) is 9.69 Å². The van der Waals surface area contributed by atoms with Gasteiger partial charge in [-0.3, -0.25) is 9.59 Å². The summed E-state index contributed by atoms with van der Waals surface area (Å²) in [5.74, 6) is -1.36. The molecule has 4 atom stereocenters. The Morgan fingerprint density at radius 1 is 1.23 bits per heavy atom. The topological polar surface area (TPSA) is 74.7 Å². The van der Waals surface area contributed by atoms with Crippen molar-refractivity contribution in [3.63, 3.8) is 0 Å². The number of fused-ring (bicyclic) bond motifs is 5.